The molecule has 3 rings (SSSR count). The number of anilines is 3. The molecule has 5 heteroatoms. The summed E-state index contributed by atoms with van der Waals surface area (Å²) in [5, 5.41) is 10.1. The molecule has 2 N–H and O–H groups in total. The molecule has 0 saturated carbocycles. The second kappa shape index (κ2) is 5.10. The Hall–Kier alpha value is -2.01. The third-order valence-corrected chi connectivity index (χ3v) is 3.02. The summed E-state index contributed by atoms with van der Waals surface area (Å²) < 4.78 is 5.35. The van der Waals surface area contributed by atoms with E-state index >= 15 is 0 Å². The van der Waals surface area contributed by atoms with E-state index in [4.69, 9.17) is 4.74 Å². The van der Waals surface area contributed by atoms with Crippen LogP contribution >= 0.6 is 0 Å². The van der Waals surface area contributed by atoms with Gasteiger partial charge in [0.15, 0.2) is 5.82 Å². The van der Waals surface area contributed by atoms with Gasteiger partial charge in [-0.1, -0.05) is 0 Å². The molecule has 1 aliphatic rings. The van der Waals surface area contributed by atoms with Crippen molar-refractivity contribution in [2.45, 2.75) is 0 Å². The molecule has 2 heterocycles. The van der Waals surface area contributed by atoms with Crippen molar-refractivity contribution in [3.05, 3.63) is 36.5 Å². The van der Waals surface area contributed by atoms with Gasteiger partial charge >= 0.3 is 0 Å². The monoisotopic (exact) mass is 244 g/mol. The molecule has 5 nitrogen and oxygen atoms in total. The van der Waals surface area contributed by atoms with Crippen LogP contribution in [-0.2, 0) is 4.74 Å². The molecule has 18 heavy (non-hydrogen) atoms. The molecule has 2 aromatic rings. The zero-order valence-corrected chi connectivity index (χ0v) is 10.1. The average Bonchev–Trinajstić information content (AvgIpc) is 2.94. The highest BCUT2D eigenvalue weighted by Gasteiger charge is 2.10. The predicted molar refractivity (Wildman–Crippen MR) is 71.3 cm³/mol. The van der Waals surface area contributed by atoms with E-state index in [1.807, 2.05) is 6.07 Å². The Bertz CT molecular complexity index is 474. The number of rotatable bonds is 3. The maximum absolute atomic E-state index is 5.35. The predicted octanol–water partition coefficient (Wildman–Crippen LogP) is 1.99. The van der Waals surface area contributed by atoms with Crippen molar-refractivity contribution >= 4 is 17.2 Å². The van der Waals surface area contributed by atoms with E-state index in [0.29, 0.717) is 0 Å². The summed E-state index contributed by atoms with van der Waals surface area (Å²) in [6.45, 7) is 3.55. The number of nitrogens with zero attached hydrogens (tertiary/aromatic N) is 2. The second-order valence-electron chi connectivity index (χ2n) is 4.23. The smallest absolute Gasteiger partial charge is 0.152 e. The van der Waals surface area contributed by atoms with E-state index in [0.717, 1.165) is 37.8 Å². The number of ether oxygens (including phenoxy) is 1. The number of nitrogens with one attached hydrogen (secondary N) is 2. The Kier molecular flexibility index (Phi) is 3.14. The highest BCUT2D eigenvalue weighted by atomic mass is 16.5. The molecule has 0 unspecified atom stereocenters. The van der Waals surface area contributed by atoms with Crippen molar-refractivity contribution in [2.24, 2.45) is 0 Å². The summed E-state index contributed by atoms with van der Waals surface area (Å²) in [6, 6.07) is 10.3. The van der Waals surface area contributed by atoms with E-state index in [2.05, 4.69) is 44.7 Å². The average molecular weight is 244 g/mol. The summed E-state index contributed by atoms with van der Waals surface area (Å²) in [6.07, 6.45) is 1.80. The van der Waals surface area contributed by atoms with Gasteiger partial charge in [-0.2, -0.15) is 5.10 Å². The zero-order chi connectivity index (χ0) is 12.2. The van der Waals surface area contributed by atoms with Crippen LogP contribution in [0.25, 0.3) is 0 Å². The first-order valence-electron chi connectivity index (χ1n) is 6.11. The molecule has 1 aromatic heterocycles. The van der Waals surface area contributed by atoms with E-state index in [1.54, 1.807) is 6.20 Å². The Morgan fingerprint density at radius 2 is 1.89 bits per heavy atom. The number of morpholine rings is 1. The molecule has 0 aliphatic carbocycles. The van der Waals surface area contributed by atoms with Crippen LogP contribution in [0.4, 0.5) is 17.2 Å². The number of hydrogen-bond donors (Lipinski definition) is 2. The molecule has 0 amide bonds. The maximum Gasteiger partial charge on any atom is 0.152 e. The number of aromatic nitrogens is 2. The van der Waals surface area contributed by atoms with E-state index in [9.17, 15) is 0 Å². The number of aromatic amines is 1. The molecular weight excluding hydrogens is 228 g/mol. The number of hydrogen-bond acceptors (Lipinski definition) is 4. The zero-order valence-electron chi connectivity index (χ0n) is 10.1. The summed E-state index contributed by atoms with van der Waals surface area (Å²) in [5.41, 5.74) is 2.28. The molecule has 1 aromatic carbocycles. The van der Waals surface area contributed by atoms with Gasteiger partial charge in [-0.25, -0.2) is 0 Å². The Morgan fingerprint density at radius 1 is 1.11 bits per heavy atom. The number of benzene rings is 1. The van der Waals surface area contributed by atoms with Gasteiger partial charge in [0.25, 0.3) is 0 Å². The lowest BCUT2D eigenvalue weighted by molar-refractivity contribution is 0.122. The third-order valence-electron chi connectivity index (χ3n) is 3.02. The lowest BCUT2D eigenvalue weighted by atomic mass is 10.2. The molecule has 0 bridgehead atoms. The number of H-pyrrole nitrogens is 1. The molecule has 1 saturated heterocycles. The fourth-order valence-corrected chi connectivity index (χ4v) is 2.05. The Morgan fingerprint density at radius 3 is 2.56 bits per heavy atom. The highest BCUT2D eigenvalue weighted by Crippen LogP contribution is 2.20. The Labute approximate surface area is 106 Å². The first-order valence-corrected chi connectivity index (χ1v) is 6.11. The largest absolute Gasteiger partial charge is 0.378 e. The van der Waals surface area contributed by atoms with Crippen molar-refractivity contribution in [3.8, 4) is 0 Å². The van der Waals surface area contributed by atoms with Crippen LogP contribution in [0.15, 0.2) is 36.5 Å². The van der Waals surface area contributed by atoms with Gasteiger partial charge in [0.2, 0.25) is 0 Å². The highest BCUT2D eigenvalue weighted by molar-refractivity contribution is 5.60. The quantitative estimate of drug-likeness (QED) is 0.867. The summed E-state index contributed by atoms with van der Waals surface area (Å²) in [4.78, 5) is 2.34. The van der Waals surface area contributed by atoms with Crippen LogP contribution in [0.2, 0.25) is 0 Å². The SMILES string of the molecule is c1cc(Nc2ccc(N3CCOCC3)cc2)n[nH]1. The van der Waals surface area contributed by atoms with E-state index in [-0.39, 0.29) is 0 Å². The lowest BCUT2D eigenvalue weighted by Crippen LogP contribution is -2.36. The van der Waals surface area contributed by atoms with Gasteiger partial charge in [0.1, 0.15) is 0 Å². The summed E-state index contributed by atoms with van der Waals surface area (Å²) >= 11 is 0. The molecule has 0 spiro atoms. The van der Waals surface area contributed by atoms with Crippen molar-refractivity contribution in [3.63, 3.8) is 0 Å². The normalized spacial score (nSPS) is 15.7. The van der Waals surface area contributed by atoms with Crippen molar-refractivity contribution in [1.29, 1.82) is 0 Å². The van der Waals surface area contributed by atoms with Crippen molar-refractivity contribution < 1.29 is 4.74 Å². The fraction of sp³-hybridized carbons (Fsp3) is 0.308. The van der Waals surface area contributed by atoms with Gasteiger partial charge in [0, 0.05) is 36.7 Å². The van der Waals surface area contributed by atoms with Crippen LogP contribution < -0.4 is 10.2 Å². The van der Waals surface area contributed by atoms with Crippen LogP contribution in [0.1, 0.15) is 0 Å². The van der Waals surface area contributed by atoms with Crippen molar-refractivity contribution in [1.82, 2.24) is 10.2 Å². The van der Waals surface area contributed by atoms with Crippen LogP contribution in [0, 0.1) is 0 Å². The second-order valence-corrected chi connectivity index (χ2v) is 4.23. The van der Waals surface area contributed by atoms with E-state index in [1.165, 1.54) is 5.69 Å². The van der Waals surface area contributed by atoms with Crippen LogP contribution in [0.5, 0.6) is 0 Å². The van der Waals surface area contributed by atoms with Gasteiger partial charge in [-0.05, 0) is 24.3 Å². The first-order chi connectivity index (χ1) is 8.92. The standard InChI is InChI=1S/C13H16N4O/c1-3-12(17-7-9-18-10-8-17)4-2-11(1)15-13-5-6-14-16-13/h1-6H,7-10H2,(H2,14,15,16). The molecule has 0 atom stereocenters. The minimum absolute atomic E-state index is 0.813. The van der Waals surface area contributed by atoms with Gasteiger partial charge in [0.05, 0.1) is 13.2 Å². The minimum Gasteiger partial charge on any atom is -0.378 e. The first kappa shape index (κ1) is 11.1. The third kappa shape index (κ3) is 2.46. The topological polar surface area (TPSA) is 53.2 Å². The molecular formula is C13H16N4O. The molecule has 0 radical (unpaired) electrons. The Balaban J connectivity index is 1.68. The van der Waals surface area contributed by atoms with Gasteiger partial charge in [-0.15, -0.1) is 0 Å². The molecule has 1 aliphatic heterocycles. The minimum atomic E-state index is 0.813. The lowest BCUT2D eigenvalue weighted by Gasteiger charge is -2.28. The van der Waals surface area contributed by atoms with Crippen LogP contribution in [0.3, 0.4) is 0 Å². The van der Waals surface area contributed by atoms with E-state index < -0.39 is 0 Å². The van der Waals surface area contributed by atoms with Gasteiger partial charge < -0.3 is 15.0 Å². The van der Waals surface area contributed by atoms with Gasteiger partial charge in [-0.3, -0.25) is 5.10 Å². The summed E-state index contributed by atoms with van der Waals surface area (Å²) in [7, 11) is 0. The maximum atomic E-state index is 5.35. The van der Waals surface area contributed by atoms with Crippen molar-refractivity contribution in [2.75, 3.05) is 36.5 Å². The fourth-order valence-electron chi connectivity index (χ4n) is 2.05. The van der Waals surface area contributed by atoms with Crippen LogP contribution in [-0.4, -0.2) is 36.5 Å². The molecule has 94 valence electrons. The molecule has 1 fully saturated rings. The summed E-state index contributed by atoms with van der Waals surface area (Å²) in [5.74, 6) is 0.828.